The molecule has 22 heavy (non-hydrogen) atoms. The highest BCUT2D eigenvalue weighted by atomic mass is 16.5. The van der Waals surface area contributed by atoms with Crippen LogP contribution >= 0.6 is 0 Å². The molecule has 1 heterocycles. The molecule has 0 bridgehead atoms. The van der Waals surface area contributed by atoms with E-state index in [0.717, 1.165) is 0 Å². The fraction of sp³-hybridized carbons (Fsp3) is 0.286. The second-order valence-electron chi connectivity index (χ2n) is 4.70. The molecule has 2 aromatic rings. The first-order valence-corrected chi connectivity index (χ1v) is 6.42. The van der Waals surface area contributed by atoms with Crippen molar-refractivity contribution in [2.24, 2.45) is 5.11 Å². The van der Waals surface area contributed by atoms with Crippen LogP contribution in [-0.4, -0.2) is 31.5 Å². The quantitative estimate of drug-likeness (QED) is 0.478. The third-order valence-electron chi connectivity index (χ3n) is 2.90. The lowest BCUT2D eigenvalue weighted by molar-refractivity contribution is -0.130. The number of rotatable bonds is 5. The fourth-order valence-corrected chi connectivity index (χ4v) is 1.73. The molecule has 1 aromatic carbocycles. The highest BCUT2D eigenvalue weighted by molar-refractivity contribution is 5.79. The van der Waals surface area contributed by atoms with Crippen LogP contribution in [0.3, 0.4) is 0 Å². The highest BCUT2D eigenvalue weighted by Crippen LogP contribution is 2.19. The standard InChI is InChI=1S/C14H14N4O4/c1-18(2)14(20)8-21-9-3-4-13-11(5-9)12(19)6-10(22-13)7-16-17-15/h3-6H,7-8H2,1-2H3. The molecule has 1 aromatic heterocycles. The average Bonchev–Trinajstić information content (AvgIpc) is 2.50. The molecule has 0 atom stereocenters. The zero-order valence-corrected chi connectivity index (χ0v) is 12.1. The van der Waals surface area contributed by atoms with E-state index in [2.05, 4.69) is 10.0 Å². The molecule has 0 saturated carbocycles. The minimum atomic E-state index is -0.270. The van der Waals surface area contributed by atoms with Crippen molar-refractivity contribution in [1.29, 1.82) is 0 Å². The van der Waals surface area contributed by atoms with Gasteiger partial charge in [0, 0.05) is 25.1 Å². The van der Waals surface area contributed by atoms with E-state index in [1.54, 1.807) is 26.2 Å². The number of benzene rings is 1. The van der Waals surface area contributed by atoms with E-state index in [4.69, 9.17) is 14.7 Å². The van der Waals surface area contributed by atoms with Crippen LogP contribution in [0.25, 0.3) is 21.4 Å². The lowest BCUT2D eigenvalue weighted by atomic mass is 10.2. The number of fused-ring (bicyclic) bond motifs is 1. The highest BCUT2D eigenvalue weighted by Gasteiger charge is 2.08. The van der Waals surface area contributed by atoms with Crippen molar-refractivity contribution in [3.63, 3.8) is 0 Å². The zero-order chi connectivity index (χ0) is 16.1. The largest absolute Gasteiger partial charge is 0.484 e. The maximum Gasteiger partial charge on any atom is 0.259 e. The molecule has 0 N–H and O–H groups in total. The summed E-state index contributed by atoms with van der Waals surface area (Å²) in [4.78, 5) is 27.5. The summed E-state index contributed by atoms with van der Waals surface area (Å²) in [6, 6.07) is 5.96. The van der Waals surface area contributed by atoms with Crippen LogP contribution < -0.4 is 10.2 Å². The van der Waals surface area contributed by atoms with Gasteiger partial charge in [-0.2, -0.15) is 0 Å². The van der Waals surface area contributed by atoms with Crippen LogP contribution in [0.4, 0.5) is 0 Å². The van der Waals surface area contributed by atoms with E-state index >= 15 is 0 Å². The van der Waals surface area contributed by atoms with Crippen molar-refractivity contribution in [3.05, 3.63) is 50.7 Å². The summed E-state index contributed by atoms with van der Waals surface area (Å²) >= 11 is 0. The first-order valence-electron chi connectivity index (χ1n) is 6.42. The molecule has 8 heteroatoms. The van der Waals surface area contributed by atoms with Gasteiger partial charge in [-0.3, -0.25) is 9.59 Å². The predicted molar refractivity (Wildman–Crippen MR) is 79.5 cm³/mol. The van der Waals surface area contributed by atoms with Gasteiger partial charge in [-0.05, 0) is 23.7 Å². The SMILES string of the molecule is CN(C)C(=O)COc1ccc2oc(CN=[N+]=[N-])cc(=O)c2c1. The van der Waals surface area contributed by atoms with Gasteiger partial charge < -0.3 is 14.1 Å². The number of nitrogens with zero attached hydrogens (tertiary/aromatic N) is 4. The number of amides is 1. The summed E-state index contributed by atoms with van der Waals surface area (Å²) in [6.45, 7) is -0.143. The predicted octanol–water partition coefficient (Wildman–Crippen LogP) is 2.07. The van der Waals surface area contributed by atoms with Crippen LogP contribution in [0.15, 0.2) is 38.6 Å². The van der Waals surface area contributed by atoms with Gasteiger partial charge in [0.25, 0.3) is 5.91 Å². The Balaban J connectivity index is 2.27. The normalized spacial score (nSPS) is 10.1. The molecule has 0 radical (unpaired) electrons. The Hall–Kier alpha value is -2.99. The van der Waals surface area contributed by atoms with Gasteiger partial charge in [0.05, 0.1) is 11.9 Å². The Bertz CT molecular complexity index is 806. The molecule has 1 amide bonds. The fourth-order valence-electron chi connectivity index (χ4n) is 1.73. The molecule has 0 saturated heterocycles. The molecule has 0 spiro atoms. The molecule has 0 aliphatic heterocycles. The van der Waals surface area contributed by atoms with Crippen molar-refractivity contribution in [2.45, 2.75) is 6.54 Å². The van der Waals surface area contributed by atoms with Crippen molar-refractivity contribution >= 4 is 16.9 Å². The Labute approximate surface area is 125 Å². The Morgan fingerprint density at radius 2 is 2.18 bits per heavy atom. The summed E-state index contributed by atoms with van der Waals surface area (Å²) in [7, 11) is 3.26. The van der Waals surface area contributed by atoms with E-state index < -0.39 is 0 Å². The van der Waals surface area contributed by atoms with Gasteiger partial charge in [0.15, 0.2) is 12.0 Å². The van der Waals surface area contributed by atoms with Crippen LogP contribution in [0.1, 0.15) is 5.76 Å². The van der Waals surface area contributed by atoms with E-state index in [9.17, 15) is 9.59 Å². The second-order valence-corrected chi connectivity index (χ2v) is 4.70. The molecule has 114 valence electrons. The number of carbonyl (C=O) groups excluding carboxylic acids is 1. The van der Waals surface area contributed by atoms with Crippen molar-refractivity contribution in [1.82, 2.24) is 4.90 Å². The van der Waals surface area contributed by atoms with E-state index in [0.29, 0.717) is 16.7 Å². The first kappa shape index (κ1) is 15.4. The molecule has 0 fully saturated rings. The topological polar surface area (TPSA) is 109 Å². The third kappa shape index (κ3) is 3.56. The average molecular weight is 302 g/mol. The van der Waals surface area contributed by atoms with Gasteiger partial charge in [0.1, 0.15) is 17.1 Å². The number of carbonyl (C=O) groups is 1. The van der Waals surface area contributed by atoms with Crippen LogP contribution in [0, 0.1) is 0 Å². The van der Waals surface area contributed by atoms with E-state index in [-0.39, 0.29) is 30.2 Å². The van der Waals surface area contributed by atoms with Gasteiger partial charge in [0.2, 0.25) is 0 Å². The van der Waals surface area contributed by atoms with Crippen molar-refractivity contribution < 1.29 is 13.9 Å². The number of hydrogen-bond acceptors (Lipinski definition) is 5. The number of likely N-dealkylation sites (N-methyl/N-ethyl adjacent to an activating group) is 1. The summed E-state index contributed by atoms with van der Waals surface area (Å²) in [5.74, 6) is 0.501. The summed E-state index contributed by atoms with van der Waals surface area (Å²) in [5, 5.41) is 3.69. The summed E-state index contributed by atoms with van der Waals surface area (Å²) in [5.41, 5.74) is 8.37. The van der Waals surface area contributed by atoms with Gasteiger partial charge in [-0.25, -0.2) is 0 Å². The molecule has 2 rings (SSSR count). The van der Waals surface area contributed by atoms with E-state index in [1.165, 1.54) is 17.0 Å². The third-order valence-corrected chi connectivity index (χ3v) is 2.90. The zero-order valence-electron chi connectivity index (χ0n) is 12.1. The van der Waals surface area contributed by atoms with Gasteiger partial charge >= 0.3 is 0 Å². The molecular formula is C14H14N4O4. The number of hydrogen-bond donors (Lipinski definition) is 0. The summed E-state index contributed by atoms with van der Waals surface area (Å²) < 4.78 is 10.8. The molecule has 0 aliphatic carbocycles. The van der Waals surface area contributed by atoms with Crippen LogP contribution in [0.5, 0.6) is 5.75 Å². The monoisotopic (exact) mass is 302 g/mol. The second kappa shape index (κ2) is 6.64. The smallest absolute Gasteiger partial charge is 0.259 e. The molecular weight excluding hydrogens is 288 g/mol. The van der Waals surface area contributed by atoms with Gasteiger partial charge in [-0.1, -0.05) is 5.11 Å². The number of azide groups is 1. The molecule has 0 aliphatic rings. The first-order chi connectivity index (χ1) is 10.5. The Morgan fingerprint density at radius 1 is 1.41 bits per heavy atom. The van der Waals surface area contributed by atoms with E-state index in [1.807, 2.05) is 0 Å². The lowest BCUT2D eigenvalue weighted by Gasteiger charge is -2.11. The van der Waals surface area contributed by atoms with Crippen LogP contribution in [-0.2, 0) is 11.3 Å². The Kier molecular flexibility index (Phi) is 4.65. The maximum absolute atomic E-state index is 12.0. The number of ether oxygens (including phenoxy) is 1. The van der Waals surface area contributed by atoms with Crippen LogP contribution in [0.2, 0.25) is 0 Å². The molecule has 8 nitrogen and oxygen atoms in total. The van der Waals surface area contributed by atoms with Crippen molar-refractivity contribution in [2.75, 3.05) is 20.7 Å². The summed E-state index contributed by atoms with van der Waals surface area (Å²) in [6.07, 6.45) is 0. The maximum atomic E-state index is 12.0. The minimum Gasteiger partial charge on any atom is -0.484 e. The lowest BCUT2D eigenvalue weighted by Crippen LogP contribution is -2.27. The Morgan fingerprint density at radius 3 is 2.86 bits per heavy atom. The van der Waals surface area contributed by atoms with Gasteiger partial charge in [-0.15, -0.1) is 0 Å². The minimum absolute atomic E-state index is 0.0305. The van der Waals surface area contributed by atoms with Crippen molar-refractivity contribution in [3.8, 4) is 5.75 Å². The molecule has 0 unspecified atom stereocenters.